The first-order valence-electron chi connectivity index (χ1n) is 6.43. The number of nitrogens with two attached hydrogens (primary N) is 1. The first-order valence-corrected chi connectivity index (χ1v) is 6.43. The Morgan fingerprint density at radius 1 is 1.57 bits per heavy atom. The van der Waals surface area contributed by atoms with Gasteiger partial charge >= 0.3 is 5.97 Å². The molecule has 1 saturated heterocycles. The maximum Gasteiger partial charge on any atom is 0.345 e. The van der Waals surface area contributed by atoms with E-state index < -0.39 is 5.97 Å². The van der Waals surface area contributed by atoms with E-state index in [1.54, 1.807) is 18.3 Å². The Labute approximate surface area is 120 Å². The maximum absolute atomic E-state index is 11.9. The van der Waals surface area contributed by atoms with E-state index >= 15 is 0 Å². The summed E-state index contributed by atoms with van der Waals surface area (Å²) in [5, 5.41) is 18.3. The molecule has 0 aliphatic carbocycles. The van der Waals surface area contributed by atoms with Crippen LogP contribution in [0.1, 0.15) is 10.4 Å². The van der Waals surface area contributed by atoms with E-state index in [4.69, 9.17) is 10.5 Å². The summed E-state index contributed by atoms with van der Waals surface area (Å²) in [4.78, 5) is 11.9. The molecule has 2 aromatic heterocycles. The minimum absolute atomic E-state index is 0.164. The second-order valence-electron chi connectivity index (χ2n) is 4.59. The van der Waals surface area contributed by atoms with Crippen molar-refractivity contribution in [2.24, 2.45) is 0 Å². The average molecular weight is 289 g/mol. The number of carbonyl (C=O) groups excluding carboxylic acids is 1. The van der Waals surface area contributed by atoms with Gasteiger partial charge in [-0.25, -0.2) is 4.79 Å². The van der Waals surface area contributed by atoms with E-state index in [2.05, 4.69) is 25.9 Å². The molecule has 0 saturated carbocycles. The summed E-state index contributed by atoms with van der Waals surface area (Å²) in [6.45, 7) is 1.61. The first-order chi connectivity index (χ1) is 10.2. The molecule has 21 heavy (non-hydrogen) atoms. The molecule has 4 N–H and O–H groups in total. The molecule has 1 aliphatic rings. The fourth-order valence-electron chi connectivity index (χ4n) is 2.00. The number of methoxy groups -OCH3 is 1. The van der Waals surface area contributed by atoms with Crippen molar-refractivity contribution in [3.63, 3.8) is 0 Å². The van der Waals surface area contributed by atoms with Gasteiger partial charge < -0.3 is 21.1 Å². The Hall–Kier alpha value is -2.68. The molecule has 1 aliphatic heterocycles. The number of ether oxygens (including phenoxy) is 1. The Morgan fingerprint density at radius 2 is 2.38 bits per heavy atom. The number of nitrogen functional groups attached to an aromatic ring is 1. The lowest BCUT2D eigenvalue weighted by molar-refractivity contribution is 0.0603. The van der Waals surface area contributed by atoms with Crippen LogP contribution in [0.2, 0.25) is 0 Å². The molecular weight excluding hydrogens is 274 g/mol. The van der Waals surface area contributed by atoms with Crippen molar-refractivity contribution in [2.45, 2.75) is 6.04 Å². The van der Waals surface area contributed by atoms with Gasteiger partial charge in [-0.3, -0.25) is 0 Å². The summed E-state index contributed by atoms with van der Waals surface area (Å²) in [6, 6.07) is 3.62. The molecule has 110 valence electrons. The molecule has 9 nitrogen and oxygen atoms in total. The molecule has 0 radical (unpaired) electrons. The lowest BCUT2D eigenvalue weighted by Gasteiger charge is -2.28. The smallest absolute Gasteiger partial charge is 0.345 e. The predicted octanol–water partition coefficient (Wildman–Crippen LogP) is -0.585. The molecule has 0 unspecified atom stereocenters. The fraction of sp³-hybridized carbons (Fsp3) is 0.333. The Bertz CT molecular complexity index is 651. The Morgan fingerprint density at radius 3 is 2.95 bits per heavy atom. The van der Waals surface area contributed by atoms with Crippen LogP contribution in [0.3, 0.4) is 0 Å². The van der Waals surface area contributed by atoms with Crippen LogP contribution in [0.5, 0.6) is 0 Å². The summed E-state index contributed by atoms with van der Waals surface area (Å²) in [5.41, 5.74) is 6.23. The minimum Gasteiger partial charge on any atom is -0.465 e. The molecule has 0 bridgehead atoms. The van der Waals surface area contributed by atoms with Crippen LogP contribution in [0.4, 0.5) is 11.6 Å². The molecule has 9 heteroatoms. The number of anilines is 2. The number of nitrogens with zero attached hydrogens (tertiary/aromatic N) is 4. The van der Waals surface area contributed by atoms with Gasteiger partial charge in [-0.05, 0) is 12.1 Å². The number of carbonyl (C=O) groups is 1. The summed E-state index contributed by atoms with van der Waals surface area (Å²) in [5.74, 6) is 0.436. The average Bonchev–Trinajstić information content (AvgIpc) is 2.80. The van der Waals surface area contributed by atoms with Crippen LogP contribution in [-0.2, 0) is 4.74 Å². The van der Waals surface area contributed by atoms with Gasteiger partial charge in [-0.15, -0.1) is 10.2 Å². The second-order valence-corrected chi connectivity index (χ2v) is 4.59. The van der Waals surface area contributed by atoms with Gasteiger partial charge in [0.05, 0.1) is 13.2 Å². The normalized spacial score (nSPS) is 14.5. The highest BCUT2D eigenvalue weighted by atomic mass is 16.5. The zero-order valence-corrected chi connectivity index (χ0v) is 11.4. The zero-order valence-electron chi connectivity index (χ0n) is 11.4. The van der Waals surface area contributed by atoms with Crippen molar-refractivity contribution < 1.29 is 9.53 Å². The quantitative estimate of drug-likeness (QED) is 0.639. The van der Waals surface area contributed by atoms with Crippen molar-refractivity contribution in [1.82, 2.24) is 25.3 Å². The standard InChI is InChI=1S/C12H15N7O2/c1-21-12(20)9-10(13)19(8-3-2-4-15-17-8)18-11(9)16-7-5-14-6-7/h2-4,7,14H,5-6,13H2,1H3,(H,16,18). The third-order valence-corrected chi connectivity index (χ3v) is 3.21. The highest BCUT2D eigenvalue weighted by Gasteiger charge is 2.27. The van der Waals surface area contributed by atoms with Crippen LogP contribution in [-0.4, -0.2) is 52.2 Å². The monoisotopic (exact) mass is 289 g/mol. The molecule has 0 spiro atoms. The SMILES string of the molecule is COC(=O)c1c(NC2CNC2)nn(-c2cccnn2)c1N. The number of hydrogen-bond donors (Lipinski definition) is 3. The summed E-state index contributed by atoms with van der Waals surface area (Å²) in [7, 11) is 1.30. The van der Waals surface area contributed by atoms with Crippen LogP contribution < -0.4 is 16.4 Å². The van der Waals surface area contributed by atoms with Gasteiger partial charge in [-0.1, -0.05) is 0 Å². The highest BCUT2D eigenvalue weighted by molar-refractivity contribution is 6.00. The van der Waals surface area contributed by atoms with E-state index in [1.807, 2.05) is 0 Å². The lowest BCUT2D eigenvalue weighted by atomic mass is 10.2. The van der Waals surface area contributed by atoms with Gasteiger partial charge in [0, 0.05) is 19.3 Å². The molecule has 2 aromatic rings. The largest absolute Gasteiger partial charge is 0.465 e. The minimum atomic E-state index is -0.544. The molecule has 3 heterocycles. The summed E-state index contributed by atoms with van der Waals surface area (Å²) < 4.78 is 6.14. The van der Waals surface area contributed by atoms with Crippen LogP contribution in [0, 0.1) is 0 Å². The van der Waals surface area contributed by atoms with Crippen molar-refractivity contribution in [3.8, 4) is 5.82 Å². The van der Waals surface area contributed by atoms with E-state index in [1.165, 1.54) is 11.8 Å². The van der Waals surface area contributed by atoms with Crippen molar-refractivity contribution in [1.29, 1.82) is 0 Å². The molecule has 0 aromatic carbocycles. The molecule has 0 atom stereocenters. The lowest BCUT2D eigenvalue weighted by Crippen LogP contribution is -2.51. The third kappa shape index (κ3) is 2.38. The number of rotatable bonds is 4. The van der Waals surface area contributed by atoms with E-state index in [9.17, 15) is 4.79 Å². The highest BCUT2D eigenvalue weighted by Crippen LogP contribution is 2.25. The van der Waals surface area contributed by atoms with Crippen molar-refractivity contribution in [2.75, 3.05) is 31.2 Å². The van der Waals surface area contributed by atoms with E-state index in [0.717, 1.165) is 13.1 Å². The summed E-state index contributed by atoms with van der Waals surface area (Å²) in [6.07, 6.45) is 1.55. The molecular formula is C12H15N7O2. The zero-order chi connectivity index (χ0) is 14.8. The Balaban J connectivity index is 2.03. The summed E-state index contributed by atoms with van der Waals surface area (Å²) >= 11 is 0. The van der Waals surface area contributed by atoms with Crippen LogP contribution >= 0.6 is 0 Å². The van der Waals surface area contributed by atoms with Crippen LogP contribution in [0.25, 0.3) is 5.82 Å². The number of nitrogens with one attached hydrogen (secondary N) is 2. The maximum atomic E-state index is 11.9. The number of esters is 1. The fourth-order valence-corrected chi connectivity index (χ4v) is 2.00. The third-order valence-electron chi connectivity index (χ3n) is 3.21. The number of hydrogen-bond acceptors (Lipinski definition) is 8. The van der Waals surface area contributed by atoms with Gasteiger partial charge in [0.15, 0.2) is 11.6 Å². The van der Waals surface area contributed by atoms with Crippen molar-refractivity contribution >= 4 is 17.6 Å². The Kier molecular flexibility index (Phi) is 3.40. The van der Waals surface area contributed by atoms with Crippen molar-refractivity contribution in [3.05, 3.63) is 23.9 Å². The molecule has 3 rings (SSSR count). The van der Waals surface area contributed by atoms with Gasteiger partial charge in [0.2, 0.25) is 0 Å². The topological polar surface area (TPSA) is 120 Å². The van der Waals surface area contributed by atoms with Gasteiger partial charge in [0.1, 0.15) is 11.4 Å². The first kappa shape index (κ1) is 13.3. The van der Waals surface area contributed by atoms with E-state index in [0.29, 0.717) is 11.6 Å². The van der Waals surface area contributed by atoms with Crippen LogP contribution in [0.15, 0.2) is 18.3 Å². The number of aromatic nitrogens is 4. The second kappa shape index (κ2) is 5.37. The molecule has 1 fully saturated rings. The van der Waals surface area contributed by atoms with Gasteiger partial charge in [-0.2, -0.15) is 9.78 Å². The predicted molar refractivity (Wildman–Crippen MR) is 75.2 cm³/mol. The van der Waals surface area contributed by atoms with E-state index in [-0.39, 0.29) is 17.4 Å². The molecule has 0 amide bonds. The van der Waals surface area contributed by atoms with Gasteiger partial charge in [0.25, 0.3) is 0 Å².